The van der Waals surface area contributed by atoms with Gasteiger partial charge < -0.3 is 11.1 Å². The van der Waals surface area contributed by atoms with E-state index in [4.69, 9.17) is 40.5 Å². The summed E-state index contributed by atoms with van der Waals surface area (Å²) in [5.41, 5.74) is 6.77. The Bertz CT molecular complexity index is 566. The highest BCUT2D eigenvalue weighted by atomic mass is 35.6. The van der Waals surface area contributed by atoms with Gasteiger partial charge in [-0.05, 0) is 31.2 Å². The fraction of sp³-hybridized carbons (Fsp3) is 0.538. The molecule has 0 spiro atoms. The van der Waals surface area contributed by atoms with Crippen molar-refractivity contribution >= 4 is 63.0 Å². The Morgan fingerprint density at radius 2 is 1.71 bits per heavy atom. The standard InChI is InChI=1S/C13H15Cl3N2O2S/c14-13(15,16)12(20)18-11-9(10(17)19)7-5-3-1-2-4-6-8(7)21-11/h1-6H2,(H2,17,19)(H,18,20). The molecule has 1 heterocycles. The third kappa shape index (κ3) is 4.03. The number of hydrogen-bond acceptors (Lipinski definition) is 3. The number of nitrogens with one attached hydrogen (secondary N) is 1. The summed E-state index contributed by atoms with van der Waals surface area (Å²) in [6.07, 6.45) is 6.02. The number of carbonyl (C=O) groups excluding carboxylic acids is 2. The van der Waals surface area contributed by atoms with Gasteiger partial charge in [0, 0.05) is 4.88 Å². The molecule has 0 unspecified atom stereocenters. The zero-order chi connectivity index (χ0) is 15.6. The number of thiophene rings is 1. The first-order valence-electron chi connectivity index (χ1n) is 6.63. The molecule has 1 aromatic heterocycles. The van der Waals surface area contributed by atoms with Crippen molar-refractivity contribution < 1.29 is 9.59 Å². The van der Waals surface area contributed by atoms with Gasteiger partial charge in [0.15, 0.2) is 0 Å². The van der Waals surface area contributed by atoms with Crippen LogP contribution in [0, 0.1) is 0 Å². The predicted octanol–water partition coefficient (Wildman–Crippen LogP) is 3.81. The molecule has 0 radical (unpaired) electrons. The van der Waals surface area contributed by atoms with Crippen molar-refractivity contribution in [3.63, 3.8) is 0 Å². The van der Waals surface area contributed by atoms with Gasteiger partial charge in [-0.3, -0.25) is 9.59 Å². The van der Waals surface area contributed by atoms with E-state index in [-0.39, 0.29) is 0 Å². The number of anilines is 1. The Balaban J connectivity index is 2.39. The second-order valence-corrected chi connectivity index (χ2v) is 8.32. The van der Waals surface area contributed by atoms with Gasteiger partial charge in [0.1, 0.15) is 5.00 Å². The Morgan fingerprint density at radius 1 is 1.10 bits per heavy atom. The molecule has 2 rings (SSSR count). The highest BCUT2D eigenvalue weighted by molar-refractivity contribution is 7.17. The molecule has 2 amide bonds. The van der Waals surface area contributed by atoms with Crippen molar-refractivity contribution in [3.05, 3.63) is 16.0 Å². The summed E-state index contributed by atoms with van der Waals surface area (Å²) in [6, 6.07) is 0. The van der Waals surface area contributed by atoms with Gasteiger partial charge in [0.25, 0.3) is 15.6 Å². The SMILES string of the molecule is NC(=O)c1c(NC(=O)C(Cl)(Cl)Cl)sc2c1CCCCCC2. The van der Waals surface area contributed by atoms with E-state index in [1.807, 2.05) is 0 Å². The van der Waals surface area contributed by atoms with E-state index in [0.717, 1.165) is 42.5 Å². The van der Waals surface area contributed by atoms with Gasteiger partial charge in [-0.1, -0.05) is 47.6 Å². The molecule has 1 aliphatic rings. The van der Waals surface area contributed by atoms with E-state index in [1.165, 1.54) is 17.8 Å². The maximum absolute atomic E-state index is 11.8. The molecule has 21 heavy (non-hydrogen) atoms. The van der Waals surface area contributed by atoms with Gasteiger partial charge in [-0.15, -0.1) is 11.3 Å². The third-order valence-electron chi connectivity index (χ3n) is 3.40. The Hall–Kier alpha value is -0.490. The van der Waals surface area contributed by atoms with Gasteiger partial charge >= 0.3 is 0 Å². The average Bonchev–Trinajstić information content (AvgIpc) is 2.65. The molecule has 0 saturated carbocycles. The molecule has 3 N–H and O–H groups in total. The van der Waals surface area contributed by atoms with Crippen molar-refractivity contribution in [2.24, 2.45) is 5.73 Å². The van der Waals surface area contributed by atoms with Crippen molar-refractivity contribution in [1.82, 2.24) is 0 Å². The maximum atomic E-state index is 11.8. The van der Waals surface area contributed by atoms with Crippen LogP contribution in [-0.2, 0) is 17.6 Å². The van der Waals surface area contributed by atoms with Crippen LogP contribution in [0.3, 0.4) is 0 Å². The van der Waals surface area contributed by atoms with Crippen LogP contribution in [0.25, 0.3) is 0 Å². The fourth-order valence-electron chi connectivity index (χ4n) is 2.44. The second-order valence-electron chi connectivity index (χ2n) is 4.94. The molecular formula is C13H15Cl3N2O2S. The molecule has 8 heteroatoms. The lowest BCUT2D eigenvalue weighted by molar-refractivity contribution is -0.115. The van der Waals surface area contributed by atoms with Crippen LogP contribution in [0.2, 0.25) is 0 Å². The summed E-state index contributed by atoms with van der Waals surface area (Å²) in [5.74, 6) is -1.35. The van der Waals surface area contributed by atoms with Gasteiger partial charge in [-0.25, -0.2) is 0 Å². The van der Waals surface area contributed by atoms with Crippen LogP contribution in [-0.4, -0.2) is 15.6 Å². The highest BCUT2D eigenvalue weighted by Gasteiger charge is 2.33. The summed E-state index contributed by atoms with van der Waals surface area (Å²) >= 11 is 18.0. The molecule has 116 valence electrons. The minimum atomic E-state index is -2.08. The summed E-state index contributed by atoms with van der Waals surface area (Å²) in [6.45, 7) is 0. The van der Waals surface area contributed by atoms with Crippen LogP contribution in [0.15, 0.2) is 0 Å². The number of fused-ring (bicyclic) bond motifs is 1. The second kappa shape index (κ2) is 6.73. The monoisotopic (exact) mass is 368 g/mol. The Labute approximate surface area is 141 Å². The lowest BCUT2D eigenvalue weighted by atomic mass is 9.96. The predicted molar refractivity (Wildman–Crippen MR) is 87.6 cm³/mol. The largest absolute Gasteiger partial charge is 0.365 e. The molecule has 0 aromatic carbocycles. The van der Waals surface area contributed by atoms with E-state index >= 15 is 0 Å². The molecule has 0 aliphatic heterocycles. The number of alkyl halides is 3. The van der Waals surface area contributed by atoms with E-state index in [1.54, 1.807) is 0 Å². The number of primary amides is 1. The molecule has 0 saturated heterocycles. The lowest BCUT2D eigenvalue weighted by Gasteiger charge is -2.11. The topological polar surface area (TPSA) is 72.2 Å². The molecule has 0 fully saturated rings. The maximum Gasteiger partial charge on any atom is 0.277 e. The number of amides is 2. The molecule has 1 aliphatic carbocycles. The van der Waals surface area contributed by atoms with Gasteiger partial charge in [-0.2, -0.15) is 0 Å². The van der Waals surface area contributed by atoms with Crippen LogP contribution in [0.5, 0.6) is 0 Å². The molecular weight excluding hydrogens is 355 g/mol. The Kier molecular flexibility index (Phi) is 5.41. The first-order chi connectivity index (χ1) is 9.80. The van der Waals surface area contributed by atoms with Crippen LogP contribution in [0.4, 0.5) is 5.00 Å². The summed E-state index contributed by atoms with van der Waals surface area (Å²) in [7, 11) is 0. The van der Waals surface area contributed by atoms with Crippen LogP contribution in [0.1, 0.15) is 46.5 Å². The van der Waals surface area contributed by atoms with Crippen molar-refractivity contribution in [1.29, 1.82) is 0 Å². The molecule has 0 bridgehead atoms. The van der Waals surface area contributed by atoms with Crippen molar-refractivity contribution in [2.45, 2.75) is 42.3 Å². The number of halogens is 3. The first kappa shape index (κ1) is 16.9. The number of rotatable bonds is 2. The third-order valence-corrected chi connectivity index (χ3v) is 5.12. The van der Waals surface area contributed by atoms with E-state index in [2.05, 4.69) is 5.32 Å². The lowest BCUT2D eigenvalue weighted by Crippen LogP contribution is -2.28. The van der Waals surface area contributed by atoms with Gasteiger partial charge in [0.05, 0.1) is 5.56 Å². The molecule has 4 nitrogen and oxygen atoms in total. The number of carbonyl (C=O) groups is 2. The molecule has 1 aromatic rings. The summed E-state index contributed by atoms with van der Waals surface area (Å²) < 4.78 is -2.08. The van der Waals surface area contributed by atoms with E-state index in [9.17, 15) is 9.59 Å². The Morgan fingerprint density at radius 3 is 2.29 bits per heavy atom. The van der Waals surface area contributed by atoms with Gasteiger partial charge in [0.2, 0.25) is 0 Å². The smallest absolute Gasteiger partial charge is 0.277 e. The highest BCUT2D eigenvalue weighted by Crippen LogP contribution is 2.38. The summed E-state index contributed by atoms with van der Waals surface area (Å²) in [4.78, 5) is 24.7. The number of aryl methyl sites for hydroxylation is 1. The first-order valence-corrected chi connectivity index (χ1v) is 8.58. The minimum absolute atomic E-state index is 0.361. The number of nitrogens with two attached hydrogens (primary N) is 1. The normalized spacial score (nSPS) is 15.8. The zero-order valence-corrected chi connectivity index (χ0v) is 14.3. The quantitative estimate of drug-likeness (QED) is 0.778. The summed E-state index contributed by atoms with van der Waals surface area (Å²) in [5, 5.41) is 2.89. The zero-order valence-electron chi connectivity index (χ0n) is 11.2. The minimum Gasteiger partial charge on any atom is -0.365 e. The van der Waals surface area contributed by atoms with Crippen molar-refractivity contribution in [3.8, 4) is 0 Å². The van der Waals surface area contributed by atoms with E-state index in [0.29, 0.717) is 10.6 Å². The van der Waals surface area contributed by atoms with Crippen LogP contribution >= 0.6 is 46.1 Å². The van der Waals surface area contributed by atoms with Crippen molar-refractivity contribution in [2.75, 3.05) is 5.32 Å². The van der Waals surface area contributed by atoms with Crippen LogP contribution < -0.4 is 11.1 Å². The average molecular weight is 370 g/mol. The number of hydrogen-bond donors (Lipinski definition) is 2. The fourth-order valence-corrected chi connectivity index (χ4v) is 3.87. The van der Waals surface area contributed by atoms with E-state index < -0.39 is 15.6 Å². The molecule has 0 atom stereocenters.